The summed E-state index contributed by atoms with van der Waals surface area (Å²) in [6, 6.07) is 0. The predicted molar refractivity (Wildman–Crippen MR) is 60.1 cm³/mol. The van der Waals surface area contributed by atoms with Gasteiger partial charge in [0.1, 0.15) is 0 Å². The molecule has 1 fully saturated rings. The molecule has 90 valence electrons. The molecule has 0 radical (unpaired) electrons. The Morgan fingerprint density at radius 2 is 1.93 bits per heavy atom. The molecular weight excluding hydrogens is 214 g/mol. The predicted octanol–water partition coefficient (Wildman–Crippen LogP) is 0.821. The van der Waals surface area contributed by atoms with Crippen LogP contribution in [0.4, 0.5) is 0 Å². The number of hydrogen-bond donors (Lipinski definition) is 1. The maximum atomic E-state index is 11.7. The van der Waals surface area contributed by atoms with Gasteiger partial charge in [0.15, 0.2) is 0 Å². The number of aliphatic hydroxyl groups excluding tert-OH is 1. The molecule has 0 unspecified atom stereocenters. The second kappa shape index (κ2) is 4.80. The third-order valence-corrected chi connectivity index (χ3v) is 5.44. The van der Waals surface area contributed by atoms with Crippen LogP contribution in [0.3, 0.4) is 0 Å². The lowest BCUT2D eigenvalue weighted by molar-refractivity contribution is 0.277. The largest absolute Gasteiger partial charge is 0.395 e. The first-order valence-electron chi connectivity index (χ1n) is 5.58. The van der Waals surface area contributed by atoms with Gasteiger partial charge in [0.05, 0.1) is 12.4 Å². The molecule has 0 bridgehead atoms. The monoisotopic (exact) mass is 235 g/mol. The minimum absolute atomic E-state index is 0.142. The summed E-state index contributed by atoms with van der Waals surface area (Å²) in [6.45, 7) is 5.19. The average molecular weight is 235 g/mol. The van der Waals surface area contributed by atoms with Gasteiger partial charge in [0.2, 0.25) is 10.0 Å². The SMILES string of the molecule is CCC1(CC)CCN(S(=O)(=O)CCO)C1. The smallest absolute Gasteiger partial charge is 0.216 e. The zero-order chi connectivity index (χ0) is 11.5. The summed E-state index contributed by atoms with van der Waals surface area (Å²) in [7, 11) is -3.22. The Hall–Kier alpha value is -0.130. The molecule has 5 heteroatoms. The Labute approximate surface area is 92.3 Å². The number of sulfonamides is 1. The number of hydrogen-bond acceptors (Lipinski definition) is 3. The molecule has 1 heterocycles. The molecular formula is C10H21NO3S. The third kappa shape index (κ3) is 2.71. The van der Waals surface area contributed by atoms with E-state index in [0.29, 0.717) is 13.1 Å². The first kappa shape index (κ1) is 12.9. The summed E-state index contributed by atoms with van der Waals surface area (Å²) >= 11 is 0. The fraction of sp³-hybridized carbons (Fsp3) is 1.00. The second-order valence-electron chi connectivity index (χ2n) is 4.33. The maximum absolute atomic E-state index is 11.7. The normalized spacial score (nSPS) is 22.1. The topological polar surface area (TPSA) is 57.6 Å². The van der Waals surface area contributed by atoms with Gasteiger partial charge in [-0.25, -0.2) is 12.7 Å². The van der Waals surface area contributed by atoms with Crippen LogP contribution in [-0.4, -0.2) is 43.3 Å². The summed E-state index contributed by atoms with van der Waals surface area (Å²) in [5.74, 6) is -0.142. The Morgan fingerprint density at radius 3 is 2.33 bits per heavy atom. The van der Waals surface area contributed by atoms with Crippen molar-refractivity contribution < 1.29 is 13.5 Å². The zero-order valence-corrected chi connectivity index (χ0v) is 10.4. The van der Waals surface area contributed by atoms with Crippen LogP contribution in [0.5, 0.6) is 0 Å². The van der Waals surface area contributed by atoms with E-state index in [1.165, 1.54) is 4.31 Å². The molecule has 4 nitrogen and oxygen atoms in total. The Kier molecular flexibility index (Phi) is 4.14. The van der Waals surface area contributed by atoms with Crippen LogP contribution in [0.2, 0.25) is 0 Å². The molecule has 0 saturated carbocycles. The Balaban J connectivity index is 2.71. The van der Waals surface area contributed by atoms with Crippen LogP contribution in [-0.2, 0) is 10.0 Å². The van der Waals surface area contributed by atoms with Crippen molar-refractivity contribution in [2.45, 2.75) is 33.1 Å². The van der Waals surface area contributed by atoms with Crippen molar-refractivity contribution >= 4 is 10.0 Å². The van der Waals surface area contributed by atoms with Crippen molar-refractivity contribution in [1.29, 1.82) is 0 Å². The molecule has 0 aliphatic carbocycles. The fourth-order valence-electron chi connectivity index (χ4n) is 2.20. The molecule has 0 aromatic rings. The van der Waals surface area contributed by atoms with E-state index in [1.807, 2.05) is 0 Å². The highest BCUT2D eigenvalue weighted by molar-refractivity contribution is 7.89. The van der Waals surface area contributed by atoms with E-state index in [4.69, 9.17) is 5.11 Å². The molecule has 0 atom stereocenters. The molecule has 1 rings (SSSR count). The van der Waals surface area contributed by atoms with Crippen molar-refractivity contribution in [3.8, 4) is 0 Å². The highest BCUT2D eigenvalue weighted by atomic mass is 32.2. The summed E-state index contributed by atoms with van der Waals surface area (Å²) in [5.41, 5.74) is 0.169. The number of aliphatic hydroxyl groups is 1. The molecule has 0 amide bonds. The minimum atomic E-state index is -3.22. The van der Waals surface area contributed by atoms with E-state index in [9.17, 15) is 8.42 Å². The molecule has 1 aliphatic rings. The first-order chi connectivity index (χ1) is 6.99. The van der Waals surface area contributed by atoms with Gasteiger partial charge in [-0.2, -0.15) is 0 Å². The van der Waals surface area contributed by atoms with Crippen molar-refractivity contribution in [3.63, 3.8) is 0 Å². The molecule has 0 aromatic carbocycles. The molecule has 0 aromatic heterocycles. The van der Waals surface area contributed by atoms with Crippen LogP contribution in [0.1, 0.15) is 33.1 Å². The van der Waals surface area contributed by atoms with Gasteiger partial charge < -0.3 is 5.11 Å². The molecule has 1 saturated heterocycles. The average Bonchev–Trinajstić information content (AvgIpc) is 2.63. The zero-order valence-electron chi connectivity index (χ0n) is 9.57. The summed E-state index contributed by atoms with van der Waals surface area (Å²) in [5, 5.41) is 8.70. The fourth-order valence-corrected chi connectivity index (χ4v) is 3.53. The first-order valence-corrected chi connectivity index (χ1v) is 7.19. The van der Waals surface area contributed by atoms with E-state index in [2.05, 4.69) is 13.8 Å². The van der Waals surface area contributed by atoms with E-state index in [-0.39, 0.29) is 17.8 Å². The van der Waals surface area contributed by atoms with Crippen molar-refractivity contribution in [2.24, 2.45) is 5.41 Å². The lowest BCUT2D eigenvalue weighted by Crippen LogP contribution is -2.34. The quantitative estimate of drug-likeness (QED) is 0.767. The number of nitrogens with zero attached hydrogens (tertiary/aromatic N) is 1. The van der Waals surface area contributed by atoms with Crippen molar-refractivity contribution in [1.82, 2.24) is 4.31 Å². The maximum Gasteiger partial charge on any atom is 0.216 e. The number of rotatable bonds is 5. The van der Waals surface area contributed by atoms with Gasteiger partial charge in [0.25, 0.3) is 0 Å². The van der Waals surface area contributed by atoms with Crippen LogP contribution in [0.15, 0.2) is 0 Å². The van der Waals surface area contributed by atoms with Gasteiger partial charge in [0, 0.05) is 13.1 Å². The lowest BCUT2D eigenvalue weighted by Gasteiger charge is -2.26. The van der Waals surface area contributed by atoms with Gasteiger partial charge in [-0.05, 0) is 24.7 Å². The van der Waals surface area contributed by atoms with Crippen LogP contribution in [0, 0.1) is 5.41 Å². The lowest BCUT2D eigenvalue weighted by atomic mass is 9.82. The van der Waals surface area contributed by atoms with E-state index in [0.717, 1.165) is 19.3 Å². The molecule has 0 spiro atoms. The second-order valence-corrected chi connectivity index (χ2v) is 6.42. The summed E-state index contributed by atoms with van der Waals surface area (Å²) in [6.07, 6.45) is 2.99. The Morgan fingerprint density at radius 1 is 1.33 bits per heavy atom. The highest BCUT2D eigenvalue weighted by Gasteiger charge is 2.39. The molecule has 15 heavy (non-hydrogen) atoms. The van der Waals surface area contributed by atoms with Crippen LogP contribution in [0.25, 0.3) is 0 Å². The molecule has 1 aliphatic heterocycles. The van der Waals surface area contributed by atoms with E-state index >= 15 is 0 Å². The van der Waals surface area contributed by atoms with Gasteiger partial charge in [-0.15, -0.1) is 0 Å². The molecule has 1 N–H and O–H groups in total. The highest BCUT2D eigenvalue weighted by Crippen LogP contribution is 2.37. The van der Waals surface area contributed by atoms with Crippen LogP contribution >= 0.6 is 0 Å². The Bertz CT molecular complexity index is 296. The van der Waals surface area contributed by atoms with Crippen molar-refractivity contribution in [3.05, 3.63) is 0 Å². The van der Waals surface area contributed by atoms with Gasteiger partial charge in [-0.1, -0.05) is 13.8 Å². The van der Waals surface area contributed by atoms with Gasteiger partial charge in [-0.3, -0.25) is 0 Å². The summed E-state index contributed by atoms with van der Waals surface area (Å²) in [4.78, 5) is 0. The van der Waals surface area contributed by atoms with Crippen LogP contribution < -0.4 is 0 Å². The van der Waals surface area contributed by atoms with E-state index in [1.54, 1.807) is 0 Å². The summed E-state index contributed by atoms with van der Waals surface area (Å²) < 4.78 is 25.0. The third-order valence-electron chi connectivity index (χ3n) is 3.65. The standard InChI is InChI=1S/C10H21NO3S/c1-3-10(4-2)5-6-11(9-10)15(13,14)8-7-12/h12H,3-9H2,1-2H3. The van der Waals surface area contributed by atoms with E-state index < -0.39 is 10.0 Å². The minimum Gasteiger partial charge on any atom is -0.395 e. The van der Waals surface area contributed by atoms with Crippen molar-refractivity contribution in [2.75, 3.05) is 25.4 Å². The van der Waals surface area contributed by atoms with Gasteiger partial charge >= 0.3 is 0 Å².